The largest absolute Gasteiger partial charge is 0.463 e. The second-order valence-electron chi connectivity index (χ2n) is 6.35. The van der Waals surface area contributed by atoms with E-state index in [1.807, 2.05) is 56.1 Å². The molecule has 1 aromatic carbocycles. The van der Waals surface area contributed by atoms with Gasteiger partial charge in [-0.2, -0.15) is 12.6 Å². The number of hydrogen-bond acceptors (Lipinski definition) is 6. The summed E-state index contributed by atoms with van der Waals surface area (Å²) >= 11 is 4.61. The van der Waals surface area contributed by atoms with E-state index in [2.05, 4.69) is 12.6 Å². The highest BCUT2D eigenvalue weighted by atomic mass is 32.1. The molecule has 1 heterocycles. The number of allylic oxidation sites excluding steroid dienone is 2. The third-order valence-electron chi connectivity index (χ3n) is 5.05. The van der Waals surface area contributed by atoms with Gasteiger partial charge in [-0.25, -0.2) is 9.59 Å². The van der Waals surface area contributed by atoms with Crippen molar-refractivity contribution in [2.75, 3.05) is 26.0 Å². The van der Waals surface area contributed by atoms with Crippen LogP contribution in [0, 0.1) is 0 Å². The number of carbonyl (C=O) groups is 2. The number of benzene rings is 1. The molecule has 0 atom stereocenters. The Morgan fingerprint density at radius 1 is 0.963 bits per heavy atom. The fourth-order valence-electron chi connectivity index (χ4n) is 3.64. The predicted molar refractivity (Wildman–Crippen MR) is 108 cm³/mol. The first-order chi connectivity index (χ1) is 12.9. The van der Waals surface area contributed by atoms with E-state index in [1.165, 1.54) is 0 Å². The SMILES string of the molecule is CCOC(=O)C1=C(C)N(C)C(C)=C(C(=O)OCC)C1(CS)c1ccccc1. The average Bonchev–Trinajstić information content (AvgIpc) is 2.66. The minimum absolute atomic E-state index is 0.224. The molecular weight excluding hydrogens is 362 g/mol. The molecule has 0 saturated carbocycles. The minimum atomic E-state index is -1.05. The number of nitrogens with zero attached hydrogens (tertiary/aromatic N) is 1. The Hall–Kier alpha value is -2.21. The molecule has 2 rings (SSSR count). The topological polar surface area (TPSA) is 55.8 Å². The third kappa shape index (κ3) is 3.50. The maximum atomic E-state index is 13.0. The van der Waals surface area contributed by atoms with E-state index < -0.39 is 17.4 Å². The first kappa shape index (κ1) is 21.1. The number of rotatable bonds is 6. The van der Waals surface area contributed by atoms with E-state index in [0.29, 0.717) is 11.1 Å². The average molecular weight is 390 g/mol. The highest BCUT2D eigenvalue weighted by Gasteiger charge is 2.51. The molecule has 0 unspecified atom stereocenters. The highest BCUT2D eigenvalue weighted by molar-refractivity contribution is 7.80. The molecule has 6 heteroatoms. The van der Waals surface area contributed by atoms with Crippen LogP contribution < -0.4 is 0 Å². The maximum absolute atomic E-state index is 13.0. The molecule has 1 aliphatic heterocycles. The molecule has 146 valence electrons. The van der Waals surface area contributed by atoms with Crippen LogP contribution in [-0.2, 0) is 24.5 Å². The van der Waals surface area contributed by atoms with Crippen LogP contribution in [0.3, 0.4) is 0 Å². The van der Waals surface area contributed by atoms with Crippen LogP contribution in [-0.4, -0.2) is 42.9 Å². The Labute approximate surface area is 166 Å². The molecule has 0 aromatic heterocycles. The summed E-state index contributed by atoms with van der Waals surface area (Å²) in [7, 11) is 1.83. The molecule has 5 nitrogen and oxygen atoms in total. The van der Waals surface area contributed by atoms with Gasteiger partial charge in [-0.1, -0.05) is 30.3 Å². The smallest absolute Gasteiger partial charge is 0.337 e. The van der Waals surface area contributed by atoms with E-state index >= 15 is 0 Å². The lowest BCUT2D eigenvalue weighted by Gasteiger charge is -2.44. The second-order valence-corrected chi connectivity index (χ2v) is 6.67. The molecule has 1 aromatic rings. The molecule has 0 N–H and O–H groups in total. The van der Waals surface area contributed by atoms with Gasteiger partial charge in [-0.15, -0.1) is 0 Å². The molecule has 0 radical (unpaired) electrons. The summed E-state index contributed by atoms with van der Waals surface area (Å²) in [6, 6.07) is 9.47. The van der Waals surface area contributed by atoms with Crippen molar-refractivity contribution in [2.45, 2.75) is 33.1 Å². The fourth-order valence-corrected chi connectivity index (χ4v) is 4.14. The number of esters is 2. The monoisotopic (exact) mass is 389 g/mol. The first-order valence-electron chi connectivity index (χ1n) is 9.03. The zero-order chi connectivity index (χ0) is 20.2. The molecule has 0 spiro atoms. The van der Waals surface area contributed by atoms with Crippen molar-refractivity contribution in [2.24, 2.45) is 0 Å². The third-order valence-corrected chi connectivity index (χ3v) is 5.52. The van der Waals surface area contributed by atoms with Crippen LogP contribution in [0.1, 0.15) is 33.3 Å². The van der Waals surface area contributed by atoms with Gasteiger partial charge in [0.1, 0.15) is 0 Å². The van der Waals surface area contributed by atoms with E-state index in [9.17, 15) is 9.59 Å². The second kappa shape index (κ2) is 8.65. The zero-order valence-corrected chi connectivity index (χ0v) is 17.4. The number of ether oxygens (including phenoxy) is 2. The standard InChI is InChI=1S/C21H27NO4S/c1-6-25-19(23)17-14(3)22(5)15(4)18(20(24)26-7-2)21(17,13-27)16-11-9-8-10-12-16/h8-12,27H,6-7,13H2,1-5H3. The van der Waals surface area contributed by atoms with Gasteiger partial charge in [0.05, 0.1) is 29.8 Å². The van der Waals surface area contributed by atoms with Crippen LogP contribution in [0.25, 0.3) is 0 Å². The lowest BCUT2D eigenvalue weighted by molar-refractivity contribution is -0.140. The van der Waals surface area contributed by atoms with Crippen molar-refractivity contribution in [3.63, 3.8) is 0 Å². The molecule has 1 aliphatic rings. The predicted octanol–water partition coefficient (Wildman–Crippen LogP) is 3.47. The van der Waals surface area contributed by atoms with Gasteiger partial charge in [-0.05, 0) is 33.3 Å². The van der Waals surface area contributed by atoms with Crippen molar-refractivity contribution in [1.29, 1.82) is 0 Å². The quantitative estimate of drug-likeness (QED) is 0.596. The van der Waals surface area contributed by atoms with E-state index in [4.69, 9.17) is 9.47 Å². The summed E-state index contributed by atoms with van der Waals surface area (Å²) < 4.78 is 10.7. The highest BCUT2D eigenvalue weighted by Crippen LogP contribution is 2.48. The summed E-state index contributed by atoms with van der Waals surface area (Å²) in [6.07, 6.45) is 0. The summed E-state index contributed by atoms with van der Waals surface area (Å²) in [4.78, 5) is 27.9. The van der Waals surface area contributed by atoms with Gasteiger partial charge in [-0.3, -0.25) is 0 Å². The number of thiol groups is 1. The van der Waals surface area contributed by atoms with E-state index in [1.54, 1.807) is 13.8 Å². The molecule has 0 saturated heterocycles. The van der Waals surface area contributed by atoms with Crippen molar-refractivity contribution >= 4 is 24.6 Å². The van der Waals surface area contributed by atoms with E-state index in [0.717, 1.165) is 17.0 Å². The molecule has 0 amide bonds. The number of carbonyl (C=O) groups excluding carboxylic acids is 2. The normalized spacial score (nSPS) is 16.4. The lowest BCUT2D eigenvalue weighted by atomic mass is 9.66. The van der Waals surface area contributed by atoms with Gasteiger partial charge in [0, 0.05) is 24.2 Å². The summed E-state index contributed by atoms with van der Waals surface area (Å²) in [5, 5.41) is 0. The van der Waals surface area contributed by atoms with Crippen molar-refractivity contribution in [3.05, 3.63) is 58.4 Å². The van der Waals surface area contributed by atoms with Crippen LogP contribution in [0.15, 0.2) is 52.9 Å². The van der Waals surface area contributed by atoms with Gasteiger partial charge >= 0.3 is 11.9 Å². The Morgan fingerprint density at radius 3 is 1.78 bits per heavy atom. The Kier molecular flexibility index (Phi) is 6.76. The lowest BCUT2D eigenvalue weighted by Crippen LogP contribution is -2.47. The first-order valence-corrected chi connectivity index (χ1v) is 9.67. The van der Waals surface area contributed by atoms with Gasteiger partial charge in [0.15, 0.2) is 0 Å². The molecule has 27 heavy (non-hydrogen) atoms. The summed E-state index contributed by atoms with van der Waals surface area (Å²) in [5.41, 5.74) is 2.05. The van der Waals surface area contributed by atoms with Gasteiger partial charge in [0.25, 0.3) is 0 Å². The van der Waals surface area contributed by atoms with Crippen molar-refractivity contribution in [3.8, 4) is 0 Å². The molecular formula is C21H27NO4S. The van der Waals surface area contributed by atoms with E-state index in [-0.39, 0.29) is 19.0 Å². The Bertz CT molecular complexity index is 741. The maximum Gasteiger partial charge on any atom is 0.337 e. The summed E-state index contributed by atoms with van der Waals surface area (Å²) in [6.45, 7) is 7.73. The van der Waals surface area contributed by atoms with Crippen LogP contribution in [0.5, 0.6) is 0 Å². The Balaban J connectivity index is 2.89. The Morgan fingerprint density at radius 2 is 1.41 bits per heavy atom. The van der Waals surface area contributed by atoms with Crippen molar-refractivity contribution < 1.29 is 19.1 Å². The van der Waals surface area contributed by atoms with Gasteiger partial charge in [0.2, 0.25) is 0 Å². The number of hydrogen-bond donors (Lipinski definition) is 1. The van der Waals surface area contributed by atoms with Crippen LogP contribution in [0.4, 0.5) is 0 Å². The molecule has 0 aliphatic carbocycles. The van der Waals surface area contributed by atoms with Gasteiger partial charge < -0.3 is 14.4 Å². The zero-order valence-electron chi connectivity index (χ0n) is 16.5. The van der Waals surface area contributed by atoms with Crippen LogP contribution in [0.2, 0.25) is 0 Å². The minimum Gasteiger partial charge on any atom is -0.463 e. The molecule has 0 fully saturated rings. The van der Waals surface area contributed by atoms with Crippen molar-refractivity contribution in [1.82, 2.24) is 4.90 Å². The fraction of sp³-hybridized carbons (Fsp3) is 0.429. The summed E-state index contributed by atoms with van der Waals surface area (Å²) in [5.74, 6) is -0.676. The van der Waals surface area contributed by atoms with Crippen LogP contribution >= 0.6 is 12.6 Å². The molecule has 0 bridgehead atoms.